The Kier molecular flexibility index (Phi) is 12.6. The van der Waals surface area contributed by atoms with Gasteiger partial charge >= 0.3 is 40.2 Å². The van der Waals surface area contributed by atoms with Gasteiger partial charge in [-0.2, -0.15) is 35.1 Å². The molecule has 4 nitrogen and oxygen atoms in total. The standard InChI is InChI=1S/C48H23Cl5F8N4.Cu/c49-28-9-1-24(2-10-28)40-33-17-18-34(62-33)41(25-3-11-29(50)12-4-25)36-21-22-38(64-36)43(27-7-15-31(52)16-8-27)44-32(45(54,55)46(56,57)47(58,59)48(53,60)61)23-39(65-44)42(37-20-19-35(40)63-37)26-5-13-30(51)14-6-26;/h1-23H;/q-2;+2. The Labute approximate surface area is 405 Å². The average Bonchev–Trinajstić information content (AvgIpc) is 4.10. The molecule has 4 aromatic carbocycles. The summed E-state index contributed by atoms with van der Waals surface area (Å²) >= 11 is 29.5. The predicted molar refractivity (Wildman–Crippen MR) is 243 cm³/mol. The minimum Gasteiger partial charge on any atom is -0.657 e. The summed E-state index contributed by atoms with van der Waals surface area (Å²) in [5, 5.41) is -4.85. The van der Waals surface area contributed by atoms with Gasteiger partial charge in [0.2, 0.25) is 0 Å². The van der Waals surface area contributed by atoms with E-state index in [-0.39, 0.29) is 65.9 Å². The first-order valence-electron chi connectivity index (χ1n) is 19.1. The number of alkyl halides is 9. The second-order valence-electron chi connectivity index (χ2n) is 14.8. The zero-order valence-electron chi connectivity index (χ0n) is 32.8. The molecule has 0 fully saturated rings. The molecule has 18 heteroatoms. The van der Waals surface area contributed by atoms with E-state index in [0.717, 1.165) is 0 Å². The Balaban J connectivity index is 0.00000592. The largest absolute Gasteiger partial charge is 2.00 e. The third-order valence-corrected chi connectivity index (χ3v) is 12.0. The summed E-state index contributed by atoms with van der Waals surface area (Å²) in [5.41, 5.74) is -0.325. The average molecular weight is 1050 g/mol. The van der Waals surface area contributed by atoms with Crippen molar-refractivity contribution in [2.24, 2.45) is 0 Å². The van der Waals surface area contributed by atoms with Gasteiger partial charge in [0.15, 0.2) is 0 Å². The molecule has 3 aromatic heterocycles. The number of fused-ring (bicyclic) bond motifs is 8. The summed E-state index contributed by atoms with van der Waals surface area (Å²) in [7, 11) is 0. The van der Waals surface area contributed by atoms with E-state index in [4.69, 9.17) is 61.4 Å². The third-order valence-electron chi connectivity index (χ3n) is 10.7. The number of aromatic nitrogens is 4. The molecule has 337 valence electrons. The van der Waals surface area contributed by atoms with Crippen molar-refractivity contribution in [2.75, 3.05) is 0 Å². The van der Waals surface area contributed by atoms with Crippen molar-refractivity contribution in [1.82, 2.24) is 19.9 Å². The van der Waals surface area contributed by atoms with Gasteiger partial charge in [0.1, 0.15) is 0 Å². The molecule has 8 bridgehead atoms. The Morgan fingerprint density at radius 3 is 1.06 bits per heavy atom. The van der Waals surface area contributed by atoms with Gasteiger partial charge < -0.3 is 9.97 Å². The number of hydrogen-bond acceptors (Lipinski definition) is 2. The van der Waals surface area contributed by atoms with Gasteiger partial charge in [0.25, 0.3) is 0 Å². The van der Waals surface area contributed by atoms with E-state index in [1.807, 2.05) is 0 Å². The molecule has 0 saturated heterocycles. The van der Waals surface area contributed by atoms with Crippen LogP contribution in [0.5, 0.6) is 0 Å². The van der Waals surface area contributed by atoms with E-state index in [9.17, 15) is 8.78 Å². The number of allylic oxidation sites excluding steroid dienone is 1. The molecule has 2 aliphatic heterocycles. The topological polar surface area (TPSA) is 54.0 Å². The SMILES string of the molecule is FC(F)(Cl)C(F)(F)C(F)(F)C(F)(F)C1=Cc2nc1c(-c1ccc(Cl)cc1)c1ccc([n-]1)c(-c1ccc(Cl)cc1)c1nc(c(-c3ccc(Cl)cc3)c3ccc([n-]3)c2-c2ccc(Cl)cc2)C=C1.[Cu+2]. The zero-order chi connectivity index (χ0) is 46.2. The van der Waals surface area contributed by atoms with Crippen LogP contribution in [0.4, 0.5) is 35.1 Å². The fourth-order valence-electron chi connectivity index (χ4n) is 7.60. The van der Waals surface area contributed by atoms with Crippen LogP contribution in [0.15, 0.2) is 121 Å². The van der Waals surface area contributed by atoms with E-state index in [0.29, 0.717) is 55.3 Å². The maximum absolute atomic E-state index is 16.9. The van der Waals surface area contributed by atoms with E-state index >= 15 is 26.3 Å². The molecule has 0 amide bonds. The molecule has 0 unspecified atom stereocenters. The number of hydrogen-bond donors (Lipinski definition) is 0. The van der Waals surface area contributed by atoms with Crippen LogP contribution in [-0.2, 0) is 17.1 Å². The smallest absolute Gasteiger partial charge is 0.657 e. The molecular formula is C48H23Cl5CuF8N4. The molecule has 0 N–H and O–H groups in total. The molecule has 66 heavy (non-hydrogen) atoms. The molecule has 0 saturated carbocycles. The van der Waals surface area contributed by atoms with Crippen molar-refractivity contribution in [3.05, 3.63) is 164 Å². The fraction of sp³-hybridized carbons (Fsp3) is 0.0833. The van der Waals surface area contributed by atoms with Gasteiger partial charge in [-0.1, -0.05) is 119 Å². The second-order valence-corrected chi connectivity index (χ2v) is 17.0. The Hall–Kier alpha value is -5.11. The molecule has 0 aliphatic carbocycles. The summed E-state index contributed by atoms with van der Waals surface area (Å²) < 4.78 is 124. The van der Waals surface area contributed by atoms with Crippen molar-refractivity contribution in [3.63, 3.8) is 0 Å². The van der Waals surface area contributed by atoms with Crippen molar-refractivity contribution in [2.45, 2.75) is 23.1 Å². The second kappa shape index (κ2) is 17.5. The van der Waals surface area contributed by atoms with Crippen molar-refractivity contribution in [1.29, 1.82) is 0 Å². The summed E-state index contributed by atoms with van der Waals surface area (Å²) in [6, 6.07) is 30.8. The minimum absolute atomic E-state index is 0. The maximum atomic E-state index is 16.9. The van der Waals surface area contributed by atoms with Crippen LogP contribution < -0.4 is 9.97 Å². The van der Waals surface area contributed by atoms with Crippen molar-refractivity contribution < 1.29 is 52.2 Å². The molecule has 0 spiro atoms. The first-order chi connectivity index (χ1) is 30.7. The summed E-state index contributed by atoms with van der Waals surface area (Å²) in [4.78, 5) is 19.3. The van der Waals surface area contributed by atoms with Gasteiger partial charge in [-0.05, 0) is 123 Å². The number of rotatable bonds is 8. The predicted octanol–water partition coefficient (Wildman–Crippen LogP) is 16.3. The first kappa shape index (κ1) is 47.4. The summed E-state index contributed by atoms with van der Waals surface area (Å²) in [6.45, 7) is 0. The normalized spacial score (nSPS) is 13.1. The number of halogens is 13. The van der Waals surface area contributed by atoms with Crippen LogP contribution >= 0.6 is 58.0 Å². The quantitative estimate of drug-likeness (QED) is 0.0864. The fourth-order valence-corrected chi connectivity index (χ4v) is 8.22. The first-order valence-corrected chi connectivity index (χ1v) is 21.0. The minimum atomic E-state index is -6.83. The molecule has 0 atom stereocenters. The van der Waals surface area contributed by atoms with Crippen molar-refractivity contribution in [3.8, 4) is 44.5 Å². The maximum Gasteiger partial charge on any atom is 2.00 e. The summed E-state index contributed by atoms with van der Waals surface area (Å²) in [6.07, 6.45) is 3.96. The number of benzene rings is 4. The molecule has 2 aliphatic rings. The molecular weight excluding hydrogens is 1030 g/mol. The summed E-state index contributed by atoms with van der Waals surface area (Å²) in [5.74, 6) is -19.7. The Bertz CT molecular complexity index is 3260. The van der Waals surface area contributed by atoms with Crippen LogP contribution in [0, 0.1) is 0 Å². The van der Waals surface area contributed by atoms with E-state index < -0.39 is 40.1 Å². The van der Waals surface area contributed by atoms with Gasteiger partial charge in [-0.3, -0.25) is 0 Å². The van der Waals surface area contributed by atoms with E-state index in [2.05, 4.69) is 16.6 Å². The van der Waals surface area contributed by atoms with Gasteiger partial charge in [-0.25, -0.2) is 9.97 Å². The van der Waals surface area contributed by atoms with Crippen LogP contribution in [0.1, 0.15) is 22.8 Å². The van der Waals surface area contributed by atoms with Gasteiger partial charge in [0, 0.05) is 20.1 Å². The van der Waals surface area contributed by atoms with Crippen LogP contribution in [0.25, 0.3) is 90.4 Å². The Morgan fingerprint density at radius 1 is 0.394 bits per heavy atom. The third kappa shape index (κ3) is 8.23. The molecule has 5 heterocycles. The Morgan fingerprint density at radius 2 is 0.712 bits per heavy atom. The van der Waals surface area contributed by atoms with Crippen LogP contribution in [0.2, 0.25) is 20.1 Å². The van der Waals surface area contributed by atoms with Crippen molar-refractivity contribution >= 4 is 104 Å². The van der Waals surface area contributed by atoms with E-state index in [1.165, 1.54) is 66.7 Å². The molecule has 7 aromatic rings. The molecule has 1 radical (unpaired) electrons. The molecule has 9 rings (SSSR count). The van der Waals surface area contributed by atoms with Crippen LogP contribution in [0.3, 0.4) is 0 Å². The zero-order valence-corrected chi connectivity index (χ0v) is 37.5. The van der Waals surface area contributed by atoms with Crippen LogP contribution in [-0.4, -0.2) is 33.1 Å². The van der Waals surface area contributed by atoms with Gasteiger partial charge in [0.05, 0.1) is 28.3 Å². The van der Waals surface area contributed by atoms with Gasteiger partial charge in [-0.15, -0.1) is 22.1 Å². The number of nitrogens with zero attached hydrogens (tertiary/aromatic N) is 4. The monoisotopic (exact) mass is 1040 g/mol. The van der Waals surface area contributed by atoms with E-state index in [1.54, 1.807) is 66.7 Å².